The maximum absolute atomic E-state index is 12.9. The van der Waals surface area contributed by atoms with Crippen molar-refractivity contribution in [2.24, 2.45) is 22.1 Å². The molecule has 0 aromatic heterocycles. The Hall–Kier alpha value is -4.13. The van der Waals surface area contributed by atoms with Crippen molar-refractivity contribution in [2.75, 3.05) is 0 Å². The Labute approximate surface area is 225 Å². The quantitative estimate of drug-likeness (QED) is 0.0569. The maximum atomic E-state index is 12.9. The average molecular weight is 557 g/mol. The number of rotatable bonds is 14. The summed E-state index contributed by atoms with van der Waals surface area (Å²) in [4.78, 5) is 56.0. The molecule has 2 rings (SSSR count). The second-order valence-corrected chi connectivity index (χ2v) is 7.93. The van der Waals surface area contributed by atoms with Gasteiger partial charge in [0.2, 0.25) is 0 Å². The molecular weight excluding hydrogens is 540 g/mol. The van der Waals surface area contributed by atoms with Crippen molar-refractivity contribution in [3.63, 3.8) is 0 Å². The first kappa shape index (κ1) is 29.1. The molecule has 2 unspecified atom stereocenters. The Morgan fingerprint density at radius 2 is 1.16 bits per heavy atom. The third-order valence-corrected chi connectivity index (χ3v) is 5.76. The molecule has 15 heteroatoms. The van der Waals surface area contributed by atoms with E-state index in [-0.39, 0.29) is 36.5 Å². The van der Waals surface area contributed by atoms with Crippen LogP contribution < -0.4 is 0 Å². The van der Waals surface area contributed by atoms with Gasteiger partial charge in [0.1, 0.15) is 11.8 Å². The standard InChI is InChI=1S/C22H16N6O6S3/c23-27-25-9-13-5-1-3-7-15(13)19(29)17(11-35)21(31)33-37-34-22(32)18(12-36)20(30)16-8-4-2-6-14(16)10-26-28-24/h1-8,11-12,17-18H,9-10H2. The Balaban J connectivity index is 2.06. The lowest BCUT2D eigenvalue weighted by Gasteiger charge is -2.13. The first-order valence-corrected chi connectivity index (χ1v) is 11.8. The van der Waals surface area contributed by atoms with Gasteiger partial charge in [-0.1, -0.05) is 83.2 Å². The lowest BCUT2D eigenvalue weighted by molar-refractivity contribution is -0.136. The van der Waals surface area contributed by atoms with Crippen LogP contribution in [0.4, 0.5) is 0 Å². The number of carbonyl (C=O) groups is 4. The zero-order chi connectivity index (χ0) is 27.2. The van der Waals surface area contributed by atoms with E-state index < -0.39 is 35.3 Å². The normalized spacial score (nSPS) is 11.5. The molecule has 0 fully saturated rings. The van der Waals surface area contributed by atoms with Crippen molar-refractivity contribution in [2.45, 2.75) is 13.1 Å². The molecule has 0 spiro atoms. The highest BCUT2D eigenvalue weighted by molar-refractivity contribution is 7.90. The number of hydrogen-bond acceptors (Lipinski definition) is 11. The van der Waals surface area contributed by atoms with Crippen LogP contribution in [-0.4, -0.2) is 34.2 Å². The van der Waals surface area contributed by atoms with Gasteiger partial charge in [-0.2, -0.15) is 0 Å². The van der Waals surface area contributed by atoms with E-state index in [2.05, 4.69) is 20.1 Å². The van der Waals surface area contributed by atoms with Crippen LogP contribution in [0.2, 0.25) is 0 Å². The van der Waals surface area contributed by atoms with E-state index in [0.29, 0.717) is 11.1 Å². The van der Waals surface area contributed by atoms with Gasteiger partial charge in [-0.3, -0.25) is 9.59 Å². The molecule has 0 bridgehead atoms. The van der Waals surface area contributed by atoms with E-state index in [9.17, 15) is 19.2 Å². The van der Waals surface area contributed by atoms with Gasteiger partial charge in [0.25, 0.3) is 12.3 Å². The lowest BCUT2D eigenvalue weighted by Crippen LogP contribution is -2.28. The predicted octanol–water partition coefficient (Wildman–Crippen LogP) is 5.25. The molecule has 0 radical (unpaired) electrons. The van der Waals surface area contributed by atoms with Crippen molar-refractivity contribution in [3.05, 3.63) is 91.7 Å². The zero-order valence-corrected chi connectivity index (χ0v) is 21.1. The van der Waals surface area contributed by atoms with Crippen LogP contribution >= 0.6 is 36.8 Å². The van der Waals surface area contributed by atoms with Gasteiger partial charge in [0.05, 0.1) is 13.1 Å². The number of nitrogens with zero attached hydrogens (tertiary/aromatic N) is 6. The molecule has 0 N–H and O–H groups in total. The lowest BCUT2D eigenvalue weighted by atomic mass is 9.95. The molecule has 2 atom stereocenters. The second-order valence-electron chi connectivity index (χ2n) is 6.92. The van der Waals surface area contributed by atoms with Crippen LogP contribution in [0, 0.1) is 11.8 Å². The minimum absolute atomic E-state index is 0.0511. The smallest absolute Gasteiger partial charge is 0.336 e. The molecule has 188 valence electrons. The molecule has 0 saturated heterocycles. The summed E-state index contributed by atoms with van der Waals surface area (Å²) in [5.41, 5.74) is 18.0. The van der Waals surface area contributed by atoms with Crippen LogP contribution in [0.25, 0.3) is 20.9 Å². The molecule has 0 heterocycles. The molecule has 2 aromatic rings. The first-order chi connectivity index (χ1) is 17.9. The molecule has 0 saturated carbocycles. The number of thiocarbonyl (C=S) groups is 2. The maximum Gasteiger partial charge on any atom is 0.336 e. The highest BCUT2D eigenvalue weighted by atomic mass is 32.2. The van der Waals surface area contributed by atoms with E-state index in [1.807, 2.05) is 0 Å². The number of carbonyl (C=O) groups excluding carboxylic acids is 4. The molecule has 0 aliphatic rings. The third kappa shape index (κ3) is 7.93. The average Bonchev–Trinajstić information content (AvgIpc) is 2.91. The van der Waals surface area contributed by atoms with Crippen molar-refractivity contribution >= 4 is 71.0 Å². The summed E-state index contributed by atoms with van der Waals surface area (Å²) < 4.78 is 9.61. The monoisotopic (exact) mass is 556 g/mol. The van der Waals surface area contributed by atoms with Crippen molar-refractivity contribution in [1.29, 1.82) is 0 Å². The van der Waals surface area contributed by atoms with Crippen LogP contribution in [0.15, 0.2) is 58.8 Å². The third-order valence-electron chi connectivity index (χ3n) is 4.75. The van der Waals surface area contributed by atoms with E-state index >= 15 is 0 Å². The van der Waals surface area contributed by atoms with Gasteiger partial charge < -0.3 is 8.37 Å². The largest absolute Gasteiger partial charge is 0.353 e. The number of ketones is 2. The molecular formula is C22H16N6O6S3. The van der Waals surface area contributed by atoms with Crippen LogP contribution in [-0.2, 0) is 31.0 Å². The number of hydrogen-bond donors (Lipinski definition) is 0. The summed E-state index contributed by atoms with van der Waals surface area (Å²) in [7, 11) is 0. The molecule has 0 amide bonds. The topological polar surface area (TPSA) is 184 Å². The fourth-order valence-corrected chi connectivity index (χ4v) is 3.83. The number of Topliss-reactive ketones (excluding diaryl/α,β-unsaturated/α-hetero) is 2. The highest BCUT2D eigenvalue weighted by Gasteiger charge is 2.32. The van der Waals surface area contributed by atoms with Gasteiger partial charge in [-0.05, 0) is 22.2 Å². The van der Waals surface area contributed by atoms with E-state index in [4.69, 9.17) is 43.9 Å². The molecule has 2 aromatic carbocycles. The summed E-state index contributed by atoms with van der Waals surface area (Å²) in [6.45, 7) is -0.244. The predicted molar refractivity (Wildman–Crippen MR) is 141 cm³/mol. The van der Waals surface area contributed by atoms with Gasteiger partial charge in [-0.25, -0.2) is 9.59 Å². The Morgan fingerprint density at radius 1 is 0.784 bits per heavy atom. The molecule has 0 aliphatic carbocycles. The van der Waals surface area contributed by atoms with E-state index in [1.165, 1.54) is 12.1 Å². The fraction of sp³-hybridized carbons (Fsp3) is 0.182. The minimum Gasteiger partial charge on any atom is -0.353 e. The van der Waals surface area contributed by atoms with Gasteiger partial charge in [-0.15, -0.1) is 0 Å². The van der Waals surface area contributed by atoms with Crippen molar-refractivity contribution in [1.82, 2.24) is 0 Å². The van der Waals surface area contributed by atoms with Gasteiger partial charge in [0, 0.05) is 31.7 Å². The van der Waals surface area contributed by atoms with E-state index in [0.717, 1.165) is 10.7 Å². The van der Waals surface area contributed by atoms with Crippen molar-refractivity contribution in [3.8, 4) is 0 Å². The van der Waals surface area contributed by atoms with Crippen LogP contribution in [0.3, 0.4) is 0 Å². The molecule has 12 nitrogen and oxygen atoms in total. The van der Waals surface area contributed by atoms with Gasteiger partial charge in [0.15, 0.2) is 11.6 Å². The second kappa shape index (κ2) is 15.1. The number of azide groups is 2. The van der Waals surface area contributed by atoms with Crippen LogP contribution in [0.5, 0.6) is 0 Å². The summed E-state index contributed by atoms with van der Waals surface area (Å²) in [5, 5.41) is 8.62. The zero-order valence-electron chi connectivity index (χ0n) is 18.7. The van der Waals surface area contributed by atoms with Crippen LogP contribution in [0.1, 0.15) is 31.8 Å². The summed E-state index contributed by atoms with van der Waals surface area (Å²) in [6, 6.07) is 12.3. The highest BCUT2D eigenvalue weighted by Crippen LogP contribution is 2.21. The summed E-state index contributed by atoms with van der Waals surface area (Å²) in [5.74, 6) is -6.71. The molecule has 0 aliphatic heterocycles. The summed E-state index contributed by atoms with van der Waals surface area (Å²) >= 11 is 9.57. The van der Waals surface area contributed by atoms with Crippen molar-refractivity contribution < 1.29 is 27.5 Å². The Morgan fingerprint density at radius 3 is 1.51 bits per heavy atom. The van der Waals surface area contributed by atoms with Gasteiger partial charge >= 0.3 is 11.9 Å². The minimum atomic E-state index is -1.52. The fourth-order valence-electron chi connectivity index (χ4n) is 2.98. The molecule has 37 heavy (non-hydrogen) atoms. The number of benzene rings is 2. The SMILES string of the molecule is [N-]=[N+]=NCc1ccccc1C(=O)C(C=S)C(=O)OSOC(=O)C(C=S)C(=O)c1ccccc1CN=[N+]=[N-]. The first-order valence-electron chi connectivity index (χ1n) is 10.1. The van der Waals surface area contributed by atoms with E-state index in [1.54, 1.807) is 36.4 Å². The Bertz CT molecular complexity index is 1220. The summed E-state index contributed by atoms with van der Waals surface area (Å²) in [6.07, 6.45) is 0. The Kier molecular flexibility index (Phi) is 11.9.